The predicted octanol–water partition coefficient (Wildman–Crippen LogP) is 3.01. The first-order valence-electron chi connectivity index (χ1n) is 9.24. The number of amides is 1. The SMILES string of the molecule is COc1ccc(S(=O)(=O)C2(C(=O)NO)CCNC(Cc3ccc(Cl)c(Cl)c3)C2)cc1. The summed E-state index contributed by atoms with van der Waals surface area (Å²) in [7, 11) is -2.64. The van der Waals surface area contributed by atoms with Gasteiger partial charge in [-0.25, -0.2) is 13.9 Å². The summed E-state index contributed by atoms with van der Waals surface area (Å²) >= 11 is 12.0. The number of ether oxygens (including phenoxy) is 1. The zero-order valence-corrected chi connectivity index (χ0v) is 18.5. The molecule has 162 valence electrons. The van der Waals surface area contributed by atoms with Crippen molar-refractivity contribution in [1.29, 1.82) is 0 Å². The summed E-state index contributed by atoms with van der Waals surface area (Å²) in [6.07, 6.45) is 0.440. The van der Waals surface area contributed by atoms with Crippen LogP contribution in [0.3, 0.4) is 0 Å². The van der Waals surface area contributed by atoms with Crippen molar-refractivity contribution in [2.75, 3.05) is 13.7 Å². The number of hydrogen-bond donors (Lipinski definition) is 3. The van der Waals surface area contributed by atoms with Crippen LogP contribution in [0.25, 0.3) is 0 Å². The molecule has 3 N–H and O–H groups in total. The van der Waals surface area contributed by atoms with E-state index in [1.165, 1.54) is 31.4 Å². The van der Waals surface area contributed by atoms with Crippen molar-refractivity contribution in [3.63, 3.8) is 0 Å². The second-order valence-electron chi connectivity index (χ2n) is 7.17. The third-order valence-electron chi connectivity index (χ3n) is 5.40. The predicted molar refractivity (Wildman–Crippen MR) is 114 cm³/mol. The first-order chi connectivity index (χ1) is 14.2. The minimum absolute atomic E-state index is 0.0120. The molecule has 0 radical (unpaired) electrons. The third kappa shape index (κ3) is 4.29. The zero-order valence-electron chi connectivity index (χ0n) is 16.2. The number of sulfone groups is 1. The molecule has 2 unspecified atom stereocenters. The van der Waals surface area contributed by atoms with E-state index in [0.717, 1.165) is 5.56 Å². The van der Waals surface area contributed by atoms with Gasteiger partial charge in [-0.1, -0.05) is 29.3 Å². The number of rotatable bonds is 6. The lowest BCUT2D eigenvalue weighted by Gasteiger charge is -2.39. The maximum Gasteiger partial charge on any atom is 0.265 e. The quantitative estimate of drug-likeness (QED) is 0.440. The molecule has 30 heavy (non-hydrogen) atoms. The zero-order chi connectivity index (χ0) is 21.9. The summed E-state index contributed by atoms with van der Waals surface area (Å²) in [6.45, 7) is 0.287. The molecule has 1 heterocycles. The lowest BCUT2D eigenvalue weighted by molar-refractivity contribution is -0.133. The molecule has 0 bridgehead atoms. The largest absolute Gasteiger partial charge is 0.497 e. The molecule has 1 aliphatic heterocycles. The Morgan fingerprint density at radius 2 is 1.93 bits per heavy atom. The topological polar surface area (TPSA) is 105 Å². The Balaban J connectivity index is 1.95. The Morgan fingerprint density at radius 3 is 2.53 bits per heavy atom. The van der Waals surface area contributed by atoms with Crippen LogP contribution in [0.1, 0.15) is 18.4 Å². The average molecular weight is 473 g/mol. The summed E-state index contributed by atoms with van der Waals surface area (Å²) in [5, 5.41) is 13.4. The molecule has 7 nitrogen and oxygen atoms in total. The lowest BCUT2D eigenvalue weighted by Crippen LogP contribution is -2.60. The fourth-order valence-electron chi connectivity index (χ4n) is 3.80. The van der Waals surface area contributed by atoms with E-state index >= 15 is 0 Å². The number of hydroxylamine groups is 1. The Hall–Kier alpha value is -1.84. The highest BCUT2D eigenvalue weighted by molar-refractivity contribution is 7.93. The smallest absolute Gasteiger partial charge is 0.265 e. The maximum atomic E-state index is 13.5. The van der Waals surface area contributed by atoms with Crippen molar-refractivity contribution in [3.05, 3.63) is 58.1 Å². The number of benzene rings is 2. The standard InChI is InChI=1S/C20H22Cl2N2O5S/c1-29-15-3-5-16(6-4-15)30(27,28)20(19(25)24-26)8-9-23-14(12-20)10-13-2-7-17(21)18(22)11-13/h2-7,11,14,23,26H,8-10,12H2,1H3,(H,24,25). The van der Waals surface area contributed by atoms with Crippen molar-refractivity contribution in [1.82, 2.24) is 10.8 Å². The van der Waals surface area contributed by atoms with Crippen molar-refractivity contribution in [3.8, 4) is 5.75 Å². The van der Waals surface area contributed by atoms with Crippen LogP contribution < -0.4 is 15.5 Å². The fraction of sp³-hybridized carbons (Fsp3) is 0.350. The van der Waals surface area contributed by atoms with E-state index in [2.05, 4.69) is 5.32 Å². The Labute approximate surface area is 185 Å². The van der Waals surface area contributed by atoms with Crippen LogP contribution in [0.4, 0.5) is 0 Å². The Morgan fingerprint density at radius 1 is 1.23 bits per heavy atom. The lowest BCUT2D eigenvalue weighted by atomic mass is 9.87. The Bertz CT molecular complexity index is 1030. The van der Waals surface area contributed by atoms with Crippen molar-refractivity contribution < 1.29 is 23.2 Å². The van der Waals surface area contributed by atoms with Crippen LogP contribution in [0.15, 0.2) is 47.4 Å². The van der Waals surface area contributed by atoms with Gasteiger partial charge in [0, 0.05) is 6.04 Å². The maximum absolute atomic E-state index is 13.5. The molecule has 0 aromatic heterocycles. The number of halogens is 2. The van der Waals surface area contributed by atoms with Crippen LogP contribution in [0, 0.1) is 0 Å². The van der Waals surface area contributed by atoms with Crippen LogP contribution in [0.2, 0.25) is 10.0 Å². The summed E-state index contributed by atoms with van der Waals surface area (Å²) in [4.78, 5) is 12.7. The molecule has 1 amide bonds. The highest BCUT2D eigenvalue weighted by atomic mass is 35.5. The highest BCUT2D eigenvalue weighted by Crippen LogP contribution is 2.37. The average Bonchev–Trinajstić information content (AvgIpc) is 2.75. The van der Waals surface area contributed by atoms with E-state index in [-0.39, 0.29) is 30.3 Å². The molecule has 1 aliphatic rings. The van der Waals surface area contributed by atoms with Gasteiger partial charge in [0.25, 0.3) is 5.91 Å². The molecule has 1 saturated heterocycles. The second-order valence-corrected chi connectivity index (χ2v) is 10.2. The third-order valence-corrected chi connectivity index (χ3v) is 8.62. The summed E-state index contributed by atoms with van der Waals surface area (Å²) < 4.78 is 30.3. The van der Waals surface area contributed by atoms with E-state index in [1.807, 2.05) is 0 Å². The minimum atomic E-state index is -4.11. The molecular weight excluding hydrogens is 451 g/mol. The van der Waals surface area contributed by atoms with Gasteiger partial charge in [0.15, 0.2) is 14.6 Å². The fourth-order valence-corrected chi connectivity index (χ4v) is 6.15. The molecule has 1 fully saturated rings. The molecule has 0 spiro atoms. The van der Waals surface area contributed by atoms with Gasteiger partial charge in [0.05, 0.1) is 22.1 Å². The van der Waals surface area contributed by atoms with Gasteiger partial charge in [-0.3, -0.25) is 10.0 Å². The molecule has 10 heteroatoms. The minimum Gasteiger partial charge on any atom is -0.497 e. The number of piperidine rings is 1. The van der Waals surface area contributed by atoms with Crippen LogP contribution >= 0.6 is 23.2 Å². The van der Waals surface area contributed by atoms with E-state index in [9.17, 15) is 18.4 Å². The van der Waals surface area contributed by atoms with E-state index in [4.69, 9.17) is 27.9 Å². The first kappa shape index (κ1) is 22.8. The number of methoxy groups -OCH3 is 1. The van der Waals surface area contributed by atoms with Gasteiger partial charge >= 0.3 is 0 Å². The van der Waals surface area contributed by atoms with Gasteiger partial charge in [0.2, 0.25) is 0 Å². The monoisotopic (exact) mass is 472 g/mol. The van der Waals surface area contributed by atoms with Crippen LogP contribution in [0.5, 0.6) is 5.75 Å². The summed E-state index contributed by atoms with van der Waals surface area (Å²) in [5.74, 6) is -0.448. The number of hydrogen-bond acceptors (Lipinski definition) is 6. The van der Waals surface area contributed by atoms with Gasteiger partial charge < -0.3 is 10.1 Å². The molecule has 0 aliphatic carbocycles. The second kappa shape index (κ2) is 9.11. The van der Waals surface area contributed by atoms with Gasteiger partial charge in [-0.2, -0.15) is 0 Å². The van der Waals surface area contributed by atoms with Gasteiger partial charge in [-0.15, -0.1) is 0 Å². The van der Waals surface area contributed by atoms with Gasteiger partial charge in [-0.05, 0) is 67.8 Å². The van der Waals surface area contributed by atoms with Crippen LogP contribution in [-0.4, -0.2) is 44.0 Å². The molecule has 2 aromatic carbocycles. The van der Waals surface area contributed by atoms with E-state index < -0.39 is 20.5 Å². The van der Waals surface area contributed by atoms with Crippen molar-refractivity contribution in [2.24, 2.45) is 0 Å². The normalized spacial score (nSPS) is 21.8. The molecular formula is C20H22Cl2N2O5S. The van der Waals surface area contributed by atoms with Gasteiger partial charge in [0.1, 0.15) is 5.75 Å². The number of carbonyl (C=O) groups excluding carboxylic acids is 1. The number of carbonyl (C=O) groups is 1. The summed E-state index contributed by atoms with van der Waals surface area (Å²) in [5.41, 5.74) is 2.42. The highest BCUT2D eigenvalue weighted by Gasteiger charge is 2.53. The number of nitrogens with one attached hydrogen (secondary N) is 2. The van der Waals surface area contributed by atoms with E-state index in [1.54, 1.807) is 23.7 Å². The molecule has 2 atom stereocenters. The van der Waals surface area contributed by atoms with E-state index in [0.29, 0.717) is 22.2 Å². The van der Waals surface area contributed by atoms with Crippen molar-refractivity contribution >= 4 is 38.9 Å². The molecule has 0 saturated carbocycles. The Kier molecular flexibility index (Phi) is 6.94. The van der Waals surface area contributed by atoms with Crippen molar-refractivity contribution in [2.45, 2.75) is 34.9 Å². The first-order valence-corrected chi connectivity index (χ1v) is 11.5. The summed E-state index contributed by atoms with van der Waals surface area (Å²) in [6, 6.07) is 10.7. The molecule has 2 aromatic rings. The van der Waals surface area contributed by atoms with Crippen LogP contribution in [-0.2, 0) is 21.1 Å². The molecule has 3 rings (SSSR count).